The molecule has 0 spiro atoms. The van der Waals surface area contributed by atoms with Crippen LogP contribution >= 0.6 is 0 Å². The smallest absolute Gasteiger partial charge is 0.418 e. The molecular formula is C15H12N4O4. The number of fused-ring (bicyclic) bond motifs is 1. The van der Waals surface area contributed by atoms with Crippen molar-refractivity contribution in [3.05, 3.63) is 58.6 Å². The van der Waals surface area contributed by atoms with Gasteiger partial charge >= 0.3 is 6.09 Å². The number of carboxylic acid groups (broad SMARTS) is 1. The lowest BCUT2D eigenvalue weighted by atomic mass is 10.3. The highest BCUT2D eigenvalue weighted by molar-refractivity contribution is 5.95. The van der Waals surface area contributed by atoms with Gasteiger partial charge in [0.05, 0.1) is 21.6 Å². The van der Waals surface area contributed by atoms with Crippen molar-refractivity contribution in [2.75, 3.05) is 4.90 Å². The third-order valence-electron chi connectivity index (χ3n) is 3.46. The number of rotatable bonds is 3. The molecule has 3 aromatic rings. The molecule has 23 heavy (non-hydrogen) atoms. The first-order chi connectivity index (χ1) is 11.0. The number of carbonyl (C=O) groups is 1. The largest absolute Gasteiger partial charge is 0.464 e. The standard InChI is InChI=1S/C15H12N4O4/c1-17-13-8-7-11(19(22)23)9-12(13)16-14(17)18(15(20)21)10-5-3-2-4-6-10/h2-9H,1H3,(H,20,21). The number of aryl methyl sites for hydroxylation is 1. The monoisotopic (exact) mass is 312 g/mol. The predicted molar refractivity (Wildman–Crippen MR) is 84.0 cm³/mol. The molecule has 8 heteroatoms. The average Bonchev–Trinajstić information content (AvgIpc) is 2.84. The summed E-state index contributed by atoms with van der Waals surface area (Å²) >= 11 is 0. The lowest BCUT2D eigenvalue weighted by Gasteiger charge is -2.18. The number of aromatic nitrogens is 2. The van der Waals surface area contributed by atoms with Crippen LogP contribution in [0.25, 0.3) is 11.0 Å². The fraction of sp³-hybridized carbons (Fsp3) is 0.0667. The van der Waals surface area contributed by atoms with Crippen molar-refractivity contribution in [2.24, 2.45) is 7.05 Å². The zero-order valence-corrected chi connectivity index (χ0v) is 12.1. The number of hydrogen-bond acceptors (Lipinski definition) is 4. The highest BCUT2D eigenvalue weighted by Crippen LogP contribution is 2.29. The molecule has 0 unspecified atom stereocenters. The van der Waals surface area contributed by atoms with E-state index in [-0.39, 0.29) is 11.6 Å². The molecule has 0 radical (unpaired) electrons. The molecule has 1 heterocycles. The van der Waals surface area contributed by atoms with E-state index in [1.54, 1.807) is 48.0 Å². The van der Waals surface area contributed by atoms with Crippen molar-refractivity contribution < 1.29 is 14.8 Å². The first-order valence-corrected chi connectivity index (χ1v) is 6.68. The van der Waals surface area contributed by atoms with Gasteiger partial charge in [0.25, 0.3) is 5.69 Å². The Hall–Kier alpha value is -3.42. The van der Waals surface area contributed by atoms with Crippen LogP contribution in [0.3, 0.4) is 0 Å². The number of non-ortho nitro benzene ring substituents is 1. The molecule has 3 rings (SSSR count). The van der Waals surface area contributed by atoms with E-state index in [2.05, 4.69) is 4.98 Å². The SMILES string of the molecule is Cn1c(N(C(=O)O)c2ccccc2)nc2cc([N+](=O)[O-])ccc21. The predicted octanol–water partition coefficient (Wildman–Crippen LogP) is 3.30. The fourth-order valence-electron chi connectivity index (χ4n) is 2.38. The van der Waals surface area contributed by atoms with Crippen molar-refractivity contribution in [1.82, 2.24) is 9.55 Å². The van der Waals surface area contributed by atoms with E-state index in [0.717, 1.165) is 4.90 Å². The molecule has 116 valence electrons. The van der Waals surface area contributed by atoms with Crippen molar-refractivity contribution in [2.45, 2.75) is 0 Å². The Labute approximate surface area is 130 Å². The molecule has 1 amide bonds. The van der Waals surface area contributed by atoms with Crippen LogP contribution in [0.5, 0.6) is 0 Å². The minimum Gasteiger partial charge on any atom is -0.464 e. The van der Waals surface area contributed by atoms with Crippen LogP contribution in [0, 0.1) is 10.1 Å². The molecule has 0 aliphatic heterocycles. The van der Waals surface area contributed by atoms with Crippen LogP contribution in [-0.4, -0.2) is 25.7 Å². The number of hydrogen-bond donors (Lipinski definition) is 1. The number of nitro benzene ring substituents is 1. The zero-order valence-electron chi connectivity index (χ0n) is 12.1. The zero-order chi connectivity index (χ0) is 16.6. The van der Waals surface area contributed by atoms with Crippen LogP contribution in [0.2, 0.25) is 0 Å². The second kappa shape index (κ2) is 5.41. The first-order valence-electron chi connectivity index (χ1n) is 6.68. The molecule has 0 bridgehead atoms. The van der Waals surface area contributed by atoms with Gasteiger partial charge in [-0.2, -0.15) is 0 Å². The van der Waals surface area contributed by atoms with Crippen LogP contribution in [0.4, 0.5) is 22.1 Å². The van der Waals surface area contributed by atoms with E-state index in [1.165, 1.54) is 12.1 Å². The quantitative estimate of drug-likeness (QED) is 0.590. The van der Waals surface area contributed by atoms with Gasteiger partial charge in [0.2, 0.25) is 5.95 Å². The highest BCUT2D eigenvalue weighted by atomic mass is 16.6. The molecule has 0 aliphatic carbocycles. The number of para-hydroxylation sites is 1. The molecule has 0 saturated carbocycles. The van der Waals surface area contributed by atoms with Crippen molar-refractivity contribution in [1.29, 1.82) is 0 Å². The third-order valence-corrected chi connectivity index (χ3v) is 3.46. The van der Waals surface area contributed by atoms with Gasteiger partial charge in [0.1, 0.15) is 0 Å². The van der Waals surface area contributed by atoms with Gasteiger partial charge in [-0.05, 0) is 18.2 Å². The van der Waals surface area contributed by atoms with Crippen LogP contribution in [0.1, 0.15) is 0 Å². The second-order valence-corrected chi connectivity index (χ2v) is 4.85. The summed E-state index contributed by atoms with van der Waals surface area (Å²) in [6.07, 6.45) is -1.19. The lowest BCUT2D eigenvalue weighted by Crippen LogP contribution is -2.26. The van der Waals surface area contributed by atoms with Gasteiger partial charge in [-0.1, -0.05) is 18.2 Å². The van der Waals surface area contributed by atoms with Gasteiger partial charge in [0, 0.05) is 19.2 Å². The molecular weight excluding hydrogens is 300 g/mol. The van der Waals surface area contributed by atoms with Gasteiger partial charge < -0.3 is 9.67 Å². The Morgan fingerprint density at radius 1 is 1.26 bits per heavy atom. The maximum Gasteiger partial charge on any atom is 0.418 e. The van der Waals surface area contributed by atoms with Crippen LogP contribution in [0.15, 0.2) is 48.5 Å². The second-order valence-electron chi connectivity index (χ2n) is 4.85. The Balaban J connectivity index is 2.19. The molecule has 8 nitrogen and oxygen atoms in total. The Morgan fingerprint density at radius 2 is 1.96 bits per heavy atom. The first kappa shape index (κ1) is 14.5. The Bertz CT molecular complexity index is 904. The summed E-state index contributed by atoms with van der Waals surface area (Å²) < 4.78 is 1.58. The molecule has 2 aromatic carbocycles. The maximum absolute atomic E-state index is 11.7. The van der Waals surface area contributed by atoms with E-state index >= 15 is 0 Å². The minimum atomic E-state index is -1.19. The highest BCUT2D eigenvalue weighted by Gasteiger charge is 2.23. The lowest BCUT2D eigenvalue weighted by molar-refractivity contribution is -0.384. The van der Waals surface area contributed by atoms with Crippen LogP contribution in [-0.2, 0) is 7.05 Å². The molecule has 0 atom stereocenters. The summed E-state index contributed by atoms with van der Waals surface area (Å²) in [5.41, 5.74) is 1.31. The number of amides is 1. The van der Waals surface area contributed by atoms with E-state index in [1.807, 2.05) is 0 Å². The molecule has 0 fully saturated rings. The number of anilines is 2. The third kappa shape index (κ3) is 2.46. The van der Waals surface area contributed by atoms with Crippen molar-refractivity contribution >= 4 is 34.4 Å². The normalized spacial score (nSPS) is 10.7. The minimum absolute atomic E-state index is 0.0938. The van der Waals surface area contributed by atoms with E-state index in [9.17, 15) is 20.0 Å². The van der Waals surface area contributed by atoms with E-state index in [4.69, 9.17) is 0 Å². The number of benzene rings is 2. The van der Waals surface area contributed by atoms with Gasteiger partial charge in [0.15, 0.2) is 0 Å². The van der Waals surface area contributed by atoms with Crippen molar-refractivity contribution in [3.8, 4) is 0 Å². The summed E-state index contributed by atoms with van der Waals surface area (Å²) in [7, 11) is 1.66. The topological polar surface area (TPSA) is 102 Å². The van der Waals surface area contributed by atoms with Crippen LogP contribution < -0.4 is 4.90 Å². The summed E-state index contributed by atoms with van der Waals surface area (Å²) in [6, 6.07) is 12.8. The maximum atomic E-state index is 11.7. The van der Waals surface area contributed by atoms with E-state index < -0.39 is 11.0 Å². The summed E-state index contributed by atoms with van der Waals surface area (Å²) in [5, 5.41) is 20.4. The van der Waals surface area contributed by atoms with E-state index in [0.29, 0.717) is 16.7 Å². The summed E-state index contributed by atoms with van der Waals surface area (Å²) in [4.78, 5) is 27.3. The number of nitrogens with zero attached hydrogens (tertiary/aromatic N) is 4. The summed E-state index contributed by atoms with van der Waals surface area (Å²) in [5.74, 6) is 0.166. The van der Waals surface area contributed by atoms with Crippen molar-refractivity contribution in [3.63, 3.8) is 0 Å². The van der Waals surface area contributed by atoms with Gasteiger partial charge in [-0.25, -0.2) is 14.7 Å². The Kier molecular flexibility index (Phi) is 3.41. The van der Waals surface area contributed by atoms with Gasteiger partial charge in [-0.3, -0.25) is 10.1 Å². The number of imidazole rings is 1. The average molecular weight is 312 g/mol. The molecule has 0 aliphatic rings. The summed E-state index contributed by atoms with van der Waals surface area (Å²) in [6.45, 7) is 0. The number of nitro groups is 1. The Morgan fingerprint density at radius 3 is 2.57 bits per heavy atom. The molecule has 1 N–H and O–H groups in total. The van der Waals surface area contributed by atoms with Gasteiger partial charge in [-0.15, -0.1) is 0 Å². The fourth-order valence-corrected chi connectivity index (χ4v) is 2.38. The molecule has 1 aromatic heterocycles. The molecule has 0 saturated heterocycles.